The van der Waals surface area contributed by atoms with E-state index in [1.165, 1.54) is 19.3 Å². The first-order valence-electron chi connectivity index (χ1n) is 8.16. The number of nitrogens with one attached hydrogen (secondary N) is 1. The molecule has 1 fully saturated rings. The highest BCUT2D eigenvalue weighted by molar-refractivity contribution is 5.90. The maximum absolute atomic E-state index is 12.7. The zero-order valence-corrected chi connectivity index (χ0v) is 13.3. The lowest BCUT2D eigenvalue weighted by molar-refractivity contribution is -0.130. The monoisotopic (exact) mass is 289 g/mol. The molecular weight excluding hydrogens is 262 g/mol. The minimum Gasteiger partial charge on any atom is -0.496 e. The Labute approximate surface area is 128 Å². The Bertz CT molecular complexity index is 466. The number of hydrogen-bond donors (Lipinski definition) is 1. The van der Waals surface area contributed by atoms with E-state index in [0.717, 1.165) is 43.5 Å². The Morgan fingerprint density at radius 2 is 2.00 bits per heavy atom. The van der Waals surface area contributed by atoms with E-state index in [4.69, 9.17) is 4.74 Å². The Kier molecular flexibility index (Phi) is 5.66. The van der Waals surface area contributed by atoms with Crippen LogP contribution in [0.4, 0.5) is 0 Å². The number of rotatable bonds is 8. The van der Waals surface area contributed by atoms with Crippen LogP contribution in [-0.4, -0.2) is 19.6 Å². The first-order chi connectivity index (χ1) is 10.2. The quantitative estimate of drug-likeness (QED) is 0.739. The van der Waals surface area contributed by atoms with Gasteiger partial charge in [0.1, 0.15) is 5.75 Å². The van der Waals surface area contributed by atoms with E-state index in [1.807, 2.05) is 24.3 Å². The van der Waals surface area contributed by atoms with Gasteiger partial charge in [-0.2, -0.15) is 0 Å². The van der Waals surface area contributed by atoms with Crippen LogP contribution in [0.1, 0.15) is 57.4 Å². The van der Waals surface area contributed by atoms with Crippen molar-refractivity contribution in [2.75, 3.05) is 13.7 Å². The molecule has 21 heavy (non-hydrogen) atoms. The highest BCUT2D eigenvalue weighted by Gasteiger charge is 2.47. The smallest absolute Gasteiger partial charge is 0.230 e. The number of carbonyl (C=O) groups excluding carboxylic acids is 1. The van der Waals surface area contributed by atoms with Crippen molar-refractivity contribution in [3.63, 3.8) is 0 Å². The second kappa shape index (κ2) is 7.48. The average molecular weight is 289 g/mol. The fourth-order valence-electron chi connectivity index (χ4n) is 3.11. The molecule has 1 N–H and O–H groups in total. The molecule has 3 heteroatoms. The zero-order chi connectivity index (χ0) is 15.1. The Balaban J connectivity index is 2.02. The average Bonchev–Trinajstić information content (AvgIpc) is 2.46. The molecule has 0 unspecified atom stereocenters. The summed E-state index contributed by atoms with van der Waals surface area (Å²) in [6.45, 7) is 2.99. The van der Waals surface area contributed by atoms with E-state index in [1.54, 1.807) is 7.11 Å². The maximum Gasteiger partial charge on any atom is 0.230 e. The van der Waals surface area contributed by atoms with Gasteiger partial charge in [0.25, 0.3) is 0 Å². The first-order valence-corrected chi connectivity index (χ1v) is 8.16. The zero-order valence-electron chi connectivity index (χ0n) is 13.3. The van der Waals surface area contributed by atoms with Gasteiger partial charge in [-0.3, -0.25) is 4.79 Å². The molecule has 0 bridgehead atoms. The molecule has 0 saturated heterocycles. The molecule has 0 spiro atoms. The molecule has 0 atom stereocenters. The van der Waals surface area contributed by atoms with E-state index in [2.05, 4.69) is 12.2 Å². The number of hydrogen-bond acceptors (Lipinski definition) is 2. The van der Waals surface area contributed by atoms with Crippen LogP contribution < -0.4 is 10.1 Å². The lowest BCUT2D eigenvalue weighted by Crippen LogP contribution is -2.49. The summed E-state index contributed by atoms with van der Waals surface area (Å²) in [6, 6.07) is 7.93. The fourth-order valence-corrected chi connectivity index (χ4v) is 3.11. The summed E-state index contributed by atoms with van der Waals surface area (Å²) >= 11 is 0. The minimum absolute atomic E-state index is 0.176. The third-order valence-electron chi connectivity index (χ3n) is 4.58. The van der Waals surface area contributed by atoms with E-state index < -0.39 is 0 Å². The molecule has 1 aromatic carbocycles. The van der Waals surface area contributed by atoms with Crippen LogP contribution in [0, 0.1) is 0 Å². The second-order valence-electron chi connectivity index (χ2n) is 5.95. The van der Waals surface area contributed by atoms with Gasteiger partial charge >= 0.3 is 0 Å². The first kappa shape index (κ1) is 15.9. The molecule has 0 radical (unpaired) electrons. The van der Waals surface area contributed by atoms with Crippen LogP contribution in [0.5, 0.6) is 5.75 Å². The molecule has 0 aromatic heterocycles. The number of methoxy groups -OCH3 is 1. The van der Waals surface area contributed by atoms with Gasteiger partial charge < -0.3 is 10.1 Å². The molecule has 1 saturated carbocycles. The van der Waals surface area contributed by atoms with Crippen molar-refractivity contribution < 1.29 is 9.53 Å². The van der Waals surface area contributed by atoms with Crippen molar-refractivity contribution >= 4 is 5.91 Å². The van der Waals surface area contributed by atoms with E-state index in [-0.39, 0.29) is 11.3 Å². The van der Waals surface area contributed by atoms with Crippen molar-refractivity contribution in [3.05, 3.63) is 29.8 Å². The Hall–Kier alpha value is -1.51. The van der Waals surface area contributed by atoms with Gasteiger partial charge in [0.15, 0.2) is 0 Å². The molecule has 3 nitrogen and oxygen atoms in total. The van der Waals surface area contributed by atoms with Crippen LogP contribution in [0.3, 0.4) is 0 Å². The highest BCUT2D eigenvalue weighted by atomic mass is 16.5. The topological polar surface area (TPSA) is 38.3 Å². The van der Waals surface area contributed by atoms with Gasteiger partial charge in [0, 0.05) is 12.1 Å². The Morgan fingerprint density at radius 1 is 1.24 bits per heavy atom. The van der Waals surface area contributed by atoms with Crippen LogP contribution in [0.25, 0.3) is 0 Å². The van der Waals surface area contributed by atoms with Crippen molar-refractivity contribution in [1.82, 2.24) is 5.32 Å². The van der Waals surface area contributed by atoms with Crippen molar-refractivity contribution in [3.8, 4) is 5.75 Å². The summed E-state index contributed by atoms with van der Waals surface area (Å²) in [7, 11) is 1.67. The molecule has 1 aliphatic rings. The van der Waals surface area contributed by atoms with Crippen LogP contribution in [0.2, 0.25) is 0 Å². The molecule has 2 rings (SSSR count). The standard InChI is InChI=1S/C18H27NO2/c1-3-4-5-8-14-19-17(20)18(12-9-13-18)15-10-6-7-11-16(15)21-2/h6-7,10-11H,3-5,8-9,12-14H2,1-2H3,(H,19,20). The van der Waals surface area contributed by atoms with Gasteiger partial charge in [-0.25, -0.2) is 0 Å². The second-order valence-corrected chi connectivity index (χ2v) is 5.95. The number of para-hydroxylation sites is 1. The van der Waals surface area contributed by atoms with Gasteiger partial charge in [-0.15, -0.1) is 0 Å². The van der Waals surface area contributed by atoms with Crippen LogP contribution in [-0.2, 0) is 10.2 Å². The molecule has 116 valence electrons. The molecule has 1 aromatic rings. The summed E-state index contributed by atoms with van der Waals surface area (Å²) in [5.41, 5.74) is 0.682. The van der Waals surface area contributed by atoms with Gasteiger partial charge in [0.05, 0.1) is 12.5 Å². The Morgan fingerprint density at radius 3 is 2.62 bits per heavy atom. The highest BCUT2D eigenvalue weighted by Crippen LogP contribution is 2.47. The van der Waals surface area contributed by atoms with Crippen LogP contribution in [0.15, 0.2) is 24.3 Å². The minimum atomic E-state index is -0.364. The van der Waals surface area contributed by atoms with Crippen molar-refractivity contribution in [2.45, 2.75) is 57.3 Å². The predicted molar refractivity (Wildman–Crippen MR) is 85.7 cm³/mol. The van der Waals surface area contributed by atoms with Gasteiger partial charge in [-0.05, 0) is 25.3 Å². The van der Waals surface area contributed by atoms with E-state index in [9.17, 15) is 4.79 Å². The third-order valence-corrected chi connectivity index (χ3v) is 4.58. The number of amides is 1. The summed E-state index contributed by atoms with van der Waals surface area (Å²) in [5.74, 6) is 1.01. The maximum atomic E-state index is 12.7. The SMILES string of the molecule is CCCCCCNC(=O)C1(c2ccccc2OC)CCC1. The molecule has 0 aliphatic heterocycles. The molecule has 1 amide bonds. The summed E-state index contributed by atoms with van der Waals surface area (Å²) in [5, 5.41) is 3.14. The number of ether oxygens (including phenoxy) is 1. The molecule has 0 heterocycles. The molecule has 1 aliphatic carbocycles. The third kappa shape index (κ3) is 3.39. The van der Waals surface area contributed by atoms with Crippen molar-refractivity contribution in [2.24, 2.45) is 0 Å². The van der Waals surface area contributed by atoms with Crippen LogP contribution >= 0.6 is 0 Å². The predicted octanol–water partition coefficient (Wildman–Crippen LogP) is 3.81. The normalized spacial score (nSPS) is 16.1. The van der Waals surface area contributed by atoms with Crippen molar-refractivity contribution in [1.29, 1.82) is 0 Å². The van der Waals surface area contributed by atoms with E-state index >= 15 is 0 Å². The lowest BCUT2D eigenvalue weighted by Gasteiger charge is -2.41. The summed E-state index contributed by atoms with van der Waals surface area (Å²) in [6.07, 6.45) is 7.69. The van der Waals surface area contributed by atoms with Gasteiger partial charge in [0.2, 0.25) is 5.91 Å². The fraction of sp³-hybridized carbons (Fsp3) is 0.611. The largest absolute Gasteiger partial charge is 0.496 e. The number of unbranched alkanes of at least 4 members (excludes halogenated alkanes) is 3. The summed E-state index contributed by atoms with van der Waals surface area (Å²) < 4.78 is 5.45. The van der Waals surface area contributed by atoms with E-state index in [0.29, 0.717) is 0 Å². The number of carbonyl (C=O) groups is 1. The summed E-state index contributed by atoms with van der Waals surface area (Å²) in [4.78, 5) is 12.7. The molecular formula is C18H27NO2. The van der Waals surface area contributed by atoms with Gasteiger partial charge in [-0.1, -0.05) is 50.8 Å². The number of benzene rings is 1. The lowest BCUT2D eigenvalue weighted by atomic mass is 9.63.